The Balaban J connectivity index is 2.20. The Labute approximate surface area is 125 Å². The van der Waals surface area contributed by atoms with Crippen molar-refractivity contribution in [3.8, 4) is 0 Å². The van der Waals surface area contributed by atoms with Crippen molar-refractivity contribution >= 4 is 29.1 Å². The molecule has 0 aliphatic carbocycles. The normalized spacial score (nSPS) is 10.5. The predicted molar refractivity (Wildman–Crippen MR) is 81.7 cm³/mol. The van der Waals surface area contributed by atoms with Gasteiger partial charge in [-0.1, -0.05) is 61.9 Å². The van der Waals surface area contributed by atoms with Gasteiger partial charge in [-0.25, -0.2) is 0 Å². The first-order valence-corrected chi connectivity index (χ1v) is 7.59. The fraction of sp³-hybridized carbons (Fsp3) is 0.533. The number of amides is 1. The molecule has 19 heavy (non-hydrogen) atoms. The first-order valence-electron chi connectivity index (χ1n) is 6.84. The molecule has 1 aromatic carbocycles. The molecule has 0 aliphatic rings. The van der Waals surface area contributed by atoms with Gasteiger partial charge in [-0.05, 0) is 24.1 Å². The smallest absolute Gasteiger partial charge is 0.220 e. The minimum Gasteiger partial charge on any atom is -0.352 e. The molecular weight excluding hydrogens is 281 g/mol. The molecule has 0 atom stereocenters. The number of hydrogen-bond donors (Lipinski definition) is 1. The molecule has 0 fully saturated rings. The van der Waals surface area contributed by atoms with Crippen LogP contribution in [0.1, 0.15) is 51.0 Å². The van der Waals surface area contributed by atoms with Crippen LogP contribution in [0.15, 0.2) is 18.2 Å². The highest BCUT2D eigenvalue weighted by molar-refractivity contribution is 6.42. The van der Waals surface area contributed by atoms with E-state index in [2.05, 4.69) is 12.2 Å². The second-order valence-electron chi connectivity index (χ2n) is 4.69. The Bertz CT molecular complexity index is 407. The summed E-state index contributed by atoms with van der Waals surface area (Å²) in [5.74, 6) is 0.0996. The number of carbonyl (C=O) groups excluding carboxylic acids is 1. The van der Waals surface area contributed by atoms with Crippen molar-refractivity contribution in [2.24, 2.45) is 0 Å². The van der Waals surface area contributed by atoms with Crippen LogP contribution in [-0.2, 0) is 11.3 Å². The predicted octanol–water partition coefficient (Wildman–Crippen LogP) is 4.97. The molecular formula is C15H21Cl2NO. The quantitative estimate of drug-likeness (QED) is 0.675. The zero-order valence-electron chi connectivity index (χ0n) is 11.3. The third-order valence-corrected chi connectivity index (χ3v) is 3.72. The van der Waals surface area contributed by atoms with Gasteiger partial charge in [-0.15, -0.1) is 0 Å². The number of halogens is 2. The minimum atomic E-state index is 0.0996. The van der Waals surface area contributed by atoms with E-state index in [4.69, 9.17) is 23.2 Å². The highest BCUT2D eigenvalue weighted by atomic mass is 35.5. The standard InChI is InChI=1S/C15H21Cl2NO/c1-2-3-4-5-6-7-15(19)18-11-12-8-9-13(16)14(17)10-12/h8-10H,2-7,11H2,1H3,(H,18,19). The van der Waals surface area contributed by atoms with Gasteiger partial charge in [-0.3, -0.25) is 4.79 Å². The van der Waals surface area contributed by atoms with E-state index in [0.29, 0.717) is 23.0 Å². The maximum absolute atomic E-state index is 11.6. The largest absolute Gasteiger partial charge is 0.352 e. The van der Waals surface area contributed by atoms with Gasteiger partial charge >= 0.3 is 0 Å². The van der Waals surface area contributed by atoms with E-state index in [-0.39, 0.29) is 5.91 Å². The lowest BCUT2D eigenvalue weighted by molar-refractivity contribution is -0.121. The fourth-order valence-electron chi connectivity index (χ4n) is 1.83. The van der Waals surface area contributed by atoms with Gasteiger partial charge in [-0.2, -0.15) is 0 Å². The van der Waals surface area contributed by atoms with Crippen LogP contribution in [0.4, 0.5) is 0 Å². The lowest BCUT2D eigenvalue weighted by Gasteiger charge is -2.06. The SMILES string of the molecule is CCCCCCCC(=O)NCc1ccc(Cl)c(Cl)c1. The molecule has 1 N–H and O–H groups in total. The van der Waals surface area contributed by atoms with E-state index < -0.39 is 0 Å². The lowest BCUT2D eigenvalue weighted by Crippen LogP contribution is -2.22. The number of rotatable bonds is 8. The van der Waals surface area contributed by atoms with Gasteiger partial charge in [0.05, 0.1) is 10.0 Å². The van der Waals surface area contributed by atoms with Crippen LogP contribution >= 0.6 is 23.2 Å². The first kappa shape index (κ1) is 16.3. The molecule has 1 aromatic rings. The minimum absolute atomic E-state index is 0.0996. The number of unbranched alkanes of at least 4 members (excludes halogenated alkanes) is 4. The van der Waals surface area contributed by atoms with E-state index in [1.165, 1.54) is 19.3 Å². The number of carbonyl (C=O) groups is 1. The second-order valence-corrected chi connectivity index (χ2v) is 5.50. The van der Waals surface area contributed by atoms with E-state index in [1.807, 2.05) is 6.07 Å². The van der Waals surface area contributed by atoms with Crippen molar-refractivity contribution in [1.29, 1.82) is 0 Å². The molecule has 0 aliphatic heterocycles. The summed E-state index contributed by atoms with van der Waals surface area (Å²) in [5, 5.41) is 3.95. The van der Waals surface area contributed by atoms with Gasteiger partial charge in [0.1, 0.15) is 0 Å². The molecule has 2 nitrogen and oxygen atoms in total. The van der Waals surface area contributed by atoms with Gasteiger partial charge in [0.2, 0.25) is 5.91 Å². The summed E-state index contributed by atoms with van der Waals surface area (Å²) >= 11 is 11.8. The maximum atomic E-state index is 11.6. The monoisotopic (exact) mass is 301 g/mol. The van der Waals surface area contributed by atoms with E-state index in [9.17, 15) is 4.79 Å². The van der Waals surface area contributed by atoms with Crippen LogP contribution in [0, 0.1) is 0 Å². The maximum Gasteiger partial charge on any atom is 0.220 e. The molecule has 1 amide bonds. The molecule has 0 bridgehead atoms. The Morgan fingerprint density at radius 1 is 1.11 bits per heavy atom. The van der Waals surface area contributed by atoms with Crippen molar-refractivity contribution in [1.82, 2.24) is 5.32 Å². The molecule has 0 saturated heterocycles. The van der Waals surface area contributed by atoms with Crippen LogP contribution in [0.2, 0.25) is 10.0 Å². The summed E-state index contributed by atoms with van der Waals surface area (Å²) in [6.07, 6.45) is 6.40. The highest BCUT2D eigenvalue weighted by Gasteiger charge is 2.03. The summed E-state index contributed by atoms with van der Waals surface area (Å²) in [6.45, 7) is 2.69. The number of nitrogens with one attached hydrogen (secondary N) is 1. The fourth-order valence-corrected chi connectivity index (χ4v) is 2.15. The third-order valence-electron chi connectivity index (χ3n) is 2.98. The van der Waals surface area contributed by atoms with Crippen molar-refractivity contribution in [3.05, 3.63) is 33.8 Å². The Morgan fingerprint density at radius 2 is 1.84 bits per heavy atom. The van der Waals surface area contributed by atoms with Gasteiger partial charge in [0.25, 0.3) is 0 Å². The third kappa shape index (κ3) is 6.84. The average molecular weight is 302 g/mol. The molecule has 4 heteroatoms. The van der Waals surface area contributed by atoms with Gasteiger partial charge < -0.3 is 5.32 Å². The first-order chi connectivity index (χ1) is 9.13. The summed E-state index contributed by atoms with van der Waals surface area (Å²) in [4.78, 5) is 11.6. The van der Waals surface area contributed by atoms with E-state index >= 15 is 0 Å². The molecule has 0 aromatic heterocycles. The average Bonchev–Trinajstić information content (AvgIpc) is 2.40. The second kappa shape index (κ2) is 9.22. The summed E-state index contributed by atoms with van der Waals surface area (Å²) in [5.41, 5.74) is 0.966. The summed E-state index contributed by atoms with van der Waals surface area (Å²) in [7, 11) is 0. The Kier molecular flexibility index (Phi) is 7.92. The van der Waals surface area contributed by atoms with Crippen LogP contribution in [0.5, 0.6) is 0 Å². The topological polar surface area (TPSA) is 29.1 Å². The van der Waals surface area contributed by atoms with E-state index in [0.717, 1.165) is 18.4 Å². The molecule has 0 unspecified atom stereocenters. The van der Waals surface area contributed by atoms with Crippen molar-refractivity contribution in [3.63, 3.8) is 0 Å². The van der Waals surface area contributed by atoms with E-state index in [1.54, 1.807) is 12.1 Å². The molecule has 0 spiro atoms. The molecule has 0 radical (unpaired) electrons. The number of hydrogen-bond acceptors (Lipinski definition) is 1. The Hall–Kier alpha value is -0.730. The van der Waals surface area contributed by atoms with Crippen LogP contribution < -0.4 is 5.32 Å². The van der Waals surface area contributed by atoms with Crippen molar-refractivity contribution in [2.45, 2.75) is 52.0 Å². The summed E-state index contributed by atoms with van der Waals surface area (Å²) < 4.78 is 0. The lowest BCUT2D eigenvalue weighted by atomic mass is 10.1. The van der Waals surface area contributed by atoms with Crippen LogP contribution in [0.25, 0.3) is 0 Å². The van der Waals surface area contributed by atoms with Crippen molar-refractivity contribution < 1.29 is 4.79 Å². The molecule has 1 rings (SSSR count). The zero-order chi connectivity index (χ0) is 14.1. The molecule has 0 saturated carbocycles. The Morgan fingerprint density at radius 3 is 2.53 bits per heavy atom. The van der Waals surface area contributed by atoms with Crippen molar-refractivity contribution in [2.75, 3.05) is 0 Å². The van der Waals surface area contributed by atoms with Gasteiger partial charge in [0, 0.05) is 13.0 Å². The summed E-state index contributed by atoms with van der Waals surface area (Å²) in [6, 6.07) is 5.40. The zero-order valence-corrected chi connectivity index (χ0v) is 12.9. The highest BCUT2D eigenvalue weighted by Crippen LogP contribution is 2.22. The van der Waals surface area contributed by atoms with Gasteiger partial charge in [0.15, 0.2) is 0 Å². The molecule has 0 heterocycles. The van der Waals surface area contributed by atoms with Crippen LogP contribution in [0.3, 0.4) is 0 Å². The number of benzene rings is 1. The van der Waals surface area contributed by atoms with Crippen LogP contribution in [-0.4, -0.2) is 5.91 Å². The molecule has 106 valence electrons.